The summed E-state index contributed by atoms with van der Waals surface area (Å²) in [6, 6.07) is 0. The lowest BCUT2D eigenvalue weighted by atomic mass is 11.5. The Morgan fingerprint density at radius 1 is 0.833 bits per heavy atom. The van der Waals surface area contributed by atoms with E-state index in [9.17, 15) is 17.6 Å². The summed E-state index contributed by atoms with van der Waals surface area (Å²) in [4.78, 5) is 0. The summed E-state index contributed by atoms with van der Waals surface area (Å²) in [7, 11) is 0. The number of rotatable bonds is 0. The third kappa shape index (κ3) is 363000. The third-order valence-electron chi connectivity index (χ3n) is 0. The number of hydrogen-bond acceptors (Lipinski definition) is 0. The zero-order valence-electron chi connectivity index (χ0n) is 2.39. The SMILES string of the molecule is FC(F)(F)F.[Cl-]. The van der Waals surface area contributed by atoms with Crippen molar-refractivity contribution in [3.63, 3.8) is 0 Å². The van der Waals surface area contributed by atoms with Crippen LogP contribution in [0.3, 0.4) is 0 Å². The van der Waals surface area contributed by atoms with E-state index in [0.717, 1.165) is 0 Å². The molecule has 0 spiro atoms. The molecule has 0 aromatic rings. The van der Waals surface area contributed by atoms with E-state index in [2.05, 4.69) is 0 Å². The van der Waals surface area contributed by atoms with Crippen molar-refractivity contribution in [2.75, 3.05) is 0 Å². The van der Waals surface area contributed by atoms with Crippen LogP contribution >= 0.6 is 0 Å². The van der Waals surface area contributed by atoms with Gasteiger partial charge in [0.15, 0.2) is 0 Å². The predicted octanol–water partition coefficient (Wildman–Crippen LogP) is -1.52. The average Bonchev–Trinajstić information content (AvgIpc) is 0.722. The number of halogens is 5. The van der Waals surface area contributed by atoms with E-state index in [1.807, 2.05) is 0 Å². The van der Waals surface area contributed by atoms with Crippen molar-refractivity contribution >= 4 is 0 Å². The summed E-state index contributed by atoms with van der Waals surface area (Å²) in [5.74, 6) is 0. The van der Waals surface area contributed by atoms with E-state index < -0.39 is 6.43 Å². The highest BCUT2D eigenvalue weighted by Gasteiger charge is 2.24. The molecule has 6 heavy (non-hydrogen) atoms. The second kappa shape index (κ2) is 2.23. The van der Waals surface area contributed by atoms with Crippen LogP contribution in [-0.4, -0.2) is 6.43 Å². The monoisotopic (exact) mass is 123 g/mol. The largest absolute Gasteiger partial charge is 1.00 e. The minimum Gasteiger partial charge on any atom is -1.00 e. The van der Waals surface area contributed by atoms with Crippen molar-refractivity contribution < 1.29 is 30.0 Å². The van der Waals surface area contributed by atoms with Gasteiger partial charge in [-0.05, 0) is 0 Å². The average molecular weight is 123 g/mol. The van der Waals surface area contributed by atoms with Gasteiger partial charge in [0.25, 0.3) is 0 Å². The maximum Gasteiger partial charge on any atom is 0.559 e. The van der Waals surface area contributed by atoms with Crippen LogP contribution in [0.15, 0.2) is 0 Å². The molecule has 0 fully saturated rings. The summed E-state index contributed by atoms with van der Waals surface area (Å²) in [6.07, 6.45) is -5.50. The molecule has 0 amide bonds. The van der Waals surface area contributed by atoms with Crippen LogP contribution in [-0.2, 0) is 0 Å². The van der Waals surface area contributed by atoms with Crippen LogP contribution in [0.4, 0.5) is 17.6 Å². The van der Waals surface area contributed by atoms with Crippen LogP contribution in [0, 0.1) is 0 Å². The summed E-state index contributed by atoms with van der Waals surface area (Å²) >= 11 is 0. The van der Waals surface area contributed by atoms with Crippen molar-refractivity contribution in [3.8, 4) is 0 Å². The van der Waals surface area contributed by atoms with Gasteiger partial charge in [-0.3, -0.25) is 0 Å². The highest BCUT2D eigenvalue weighted by molar-refractivity contribution is 4.08. The lowest BCUT2D eigenvalue weighted by molar-refractivity contribution is -0.237. The van der Waals surface area contributed by atoms with Crippen molar-refractivity contribution in [1.82, 2.24) is 0 Å². The van der Waals surface area contributed by atoms with Crippen molar-refractivity contribution in [1.29, 1.82) is 0 Å². The van der Waals surface area contributed by atoms with Gasteiger partial charge in [-0.2, -0.15) is 0 Å². The summed E-state index contributed by atoms with van der Waals surface area (Å²) in [6.45, 7) is 0. The van der Waals surface area contributed by atoms with Gasteiger partial charge in [0.1, 0.15) is 0 Å². The number of hydrogen-bond donors (Lipinski definition) is 0. The molecular formula is CClF4-. The molecule has 0 nitrogen and oxygen atoms in total. The quantitative estimate of drug-likeness (QED) is 0.343. The molecule has 0 saturated heterocycles. The van der Waals surface area contributed by atoms with E-state index in [1.54, 1.807) is 0 Å². The Morgan fingerprint density at radius 2 is 0.833 bits per heavy atom. The van der Waals surface area contributed by atoms with Crippen LogP contribution < -0.4 is 12.4 Å². The molecule has 0 aliphatic carbocycles. The molecule has 0 aliphatic rings. The van der Waals surface area contributed by atoms with Gasteiger partial charge < -0.3 is 12.4 Å². The zero-order chi connectivity index (χ0) is 4.50. The second-order valence-electron chi connectivity index (χ2n) is 0.429. The molecule has 0 N–H and O–H groups in total. The molecule has 0 aliphatic heterocycles. The van der Waals surface area contributed by atoms with Gasteiger partial charge in [0, 0.05) is 0 Å². The van der Waals surface area contributed by atoms with E-state index in [1.165, 1.54) is 0 Å². The molecule has 5 heteroatoms. The Kier molecular flexibility index (Phi) is 3.49. The first-order chi connectivity index (χ1) is 2.00. The van der Waals surface area contributed by atoms with Crippen molar-refractivity contribution in [2.45, 2.75) is 6.43 Å². The van der Waals surface area contributed by atoms with Gasteiger partial charge >= 0.3 is 6.43 Å². The maximum atomic E-state index is 9.69. The molecule has 0 bridgehead atoms. The minimum atomic E-state index is -5.50. The molecule has 0 unspecified atom stereocenters. The first-order valence-electron chi connectivity index (χ1n) is 0.756. The number of alkyl halides is 4. The predicted molar refractivity (Wildman–Crippen MR) is 7.16 cm³/mol. The fourth-order valence-electron chi connectivity index (χ4n) is 0. The molecule has 0 rings (SSSR count). The smallest absolute Gasteiger partial charge is 0.559 e. The van der Waals surface area contributed by atoms with Gasteiger partial charge in [-0.1, -0.05) is 0 Å². The van der Waals surface area contributed by atoms with E-state index in [-0.39, 0.29) is 12.4 Å². The summed E-state index contributed by atoms with van der Waals surface area (Å²) in [5, 5.41) is 0. The van der Waals surface area contributed by atoms with Crippen LogP contribution in [0.1, 0.15) is 0 Å². The fraction of sp³-hybridized carbons (Fsp3) is 1.00. The molecule has 0 aromatic carbocycles. The van der Waals surface area contributed by atoms with Crippen LogP contribution in [0.5, 0.6) is 0 Å². The first-order valence-corrected chi connectivity index (χ1v) is 0.756. The summed E-state index contributed by atoms with van der Waals surface area (Å²) in [5.41, 5.74) is 0. The maximum absolute atomic E-state index is 9.69. The Bertz CT molecular complexity index is 23.0. The molecule has 0 atom stereocenters. The van der Waals surface area contributed by atoms with Gasteiger partial charge in [0.05, 0.1) is 0 Å². The zero-order valence-corrected chi connectivity index (χ0v) is 3.15. The topological polar surface area (TPSA) is 0 Å². The van der Waals surface area contributed by atoms with Crippen LogP contribution in [0.25, 0.3) is 0 Å². The molecule has 0 radical (unpaired) electrons. The van der Waals surface area contributed by atoms with E-state index in [4.69, 9.17) is 0 Å². The van der Waals surface area contributed by atoms with E-state index in [0.29, 0.717) is 0 Å². The summed E-state index contributed by atoms with van der Waals surface area (Å²) < 4.78 is 38.8. The molecule has 0 aromatic heterocycles. The van der Waals surface area contributed by atoms with Gasteiger partial charge in [-0.25, -0.2) is 0 Å². The Balaban J connectivity index is 0. The van der Waals surface area contributed by atoms with Crippen molar-refractivity contribution in [3.05, 3.63) is 0 Å². The standard InChI is InChI=1S/CF4.ClH/c2-1(3,4)5;/h;1H/p-1. The molecular weight excluding hydrogens is 123 g/mol. The molecule has 40 valence electrons. The van der Waals surface area contributed by atoms with E-state index >= 15 is 0 Å². The lowest BCUT2D eigenvalue weighted by Gasteiger charge is -1.82. The Hall–Kier alpha value is 0.01000. The highest BCUT2D eigenvalue weighted by atomic mass is 35.5. The highest BCUT2D eigenvalue weighted by Crippen LogP contribution is 2.13. The van der Waals surface area contributed by atoms with Gasteiger partial charge in [-0.15, -0.1) is 17.6 Å². The fourth-order valence-corrected chi connectivity index (χ4v) is 0. The second-order valence-corrected chi connectivity index (χ2v) is 0.429. The first kappa shape index (κ1) is 9.38. The third-order valence-corrected chi connectivity index (χ3v) is 0. The normalized spacial score (nSPS) is 10.0. The van der Waals surface area contributed by atoms with Crippen LogP contribution in [0.2, 0.25) is 0 Å². The van der Waals surface area contributed by atoms with Gasteiger partial charge in [0.2, 0.25) is 0 Å². The Morgan fingerprint density at radius 3 is 0.833 bits per heavy atom. The molecule has 0 heterocycles. The van der Waals surface area contributed by atoms with Crippen molar-refractivity contribution in [2.24, 2.45) is 0 Å². The Labute approximate surface area is 37.6 Å². The minimum absolute atomic E-state index is 0. The molecule has 0 saturated carbocycles. The lowest BCUT2D eigenvalue weighted by Crippen LogP contribution is -3.00.